The van der Waals surface area contributed by atoms with Crippen LogP contribution in [0.1, 0.15) is 52.9 Å². The number of carbonyl (C=O) groups excluding carboxylic acids is 1. The number of rotatable bonds is 6. The van der Waals surface area contributed by atoms with Gasteiger partial charge in [-0.15, -0.1) is 0 Å². The molecule has 1 rings (SSSR count). The molecule has 5 nitrogen and oxygen atoms in total. The average molecular weight is 284 g/mol. The van der Waals surface area contributed by atoms with Crippen LogP contribution in [0.3, 0.4) is 0 Å². The maximum absolute atomic E-state index is 12.5. The number of amides is 1. The zero-order chi connectivity index (χ0) is 15.3. The second kappa shape index (κ2) is 7.07. The lowest BCUT2D eigenvalue weighted by Crippen LogP contribution is -2.52. The number of hydrogen-bond acceptors (Lipinski definition) is 3. The predicted octanol–water partition coefficient (Wildman–Crippen LogP) is 1.76. The Kier molecular flexibility index (Phi) is 5.99. The smallest absolute Gasteiger partial charge is 0.326 e. The highest BCUT2D eigenvalue weighted by Crippen LogP contribution is 2.38. The van der Waals surface area contributed by atoms with Crippen molar-refractivity contribution in [2.75, 3.05) is 6.54 Å². The lowest BCUT2D eigenvalue weighted by atomic mass is 9.70. The number of hydrogen-bond donors (Lipinski definition) is 3. The number of aliphatic carboxylic acids is 1. The van der Waals surface area contributed by atoms with E-state index in [0.717, 1.165) is 25.7 Å². The number of carbonyl (C=O) groups is 2. The summed E-state index contributed by atoms with van der Waals surface area (Å²) in [5, 5.41) is 11.9. The summed E-state index contributed by atoms with van der Waals surface area (Å²) in [5.41, 5.74) is 5.26. The van der Waals surface area contributed by atoms with E-state index >= 15 is 0 Å². The molecule has 116 valence electrons. The van der Waals surface area contributed by atoms with Crippen LogP contribution in [0.4, 0.5) is 0 Å². The van der Waals surface area contributed by atoms with Gasteiger partial charge in [-0.3, -0.25) is 4.79 Å². The normalized spacial score (nSPS) is 28.1. The SMILES string of the molecule is CC(C)CC(NC(=O)C1(CN)CCC(C)CC1)C(=O)O. The predicted molar refractivity (Wildman–Crippen MR) is 78.1 cm³/mol. The Labute approximate surface area is 121 Å². The number of carboxylic acids is 1. The quantitative estimate of drug-likeness (QED) is 0.693. The first-order valence-electron chi connectivity index (χ1n) is 7.54. The lowest BCUT2D eigenvalue weighted by molar-refractivity contribution is -0.145. The highest BCUT2D eigenvalue weighted by Gasteiger charge is 2.41. The van der Waals surface area contributed by atoms with Gasteiger partial charge in [0.1, 0.15) is 6.04 Å². The molecule has 0 aliphatic heterocycles. The van der Waals surface area contributed by atoms with Crippen LogP contribution in [0.5, 0.6) is 0 Å². The maximum atomic E-state index is 12.5. The molecule has 0 aromatic heterocycles. The summed E-state index contributed by atoms with van der Waals surface area (Å²) in [7, 11) is 0. The summed E-state index contributed by atoms with van der Waals surface area (Å²) in [6.45, 7) is 6.36. The van der Waals surface area contributed by atoms with Crippen LogP contribution in [0.2, 0.25) is 0 Å². The van der Waals surface area contributed by atoms with Crippen molar-refractivity contribution in [1.82, 2.24) is 5.32 Å². The molecule has 1 saturated carbocycles. The van der Waals surface area contributed by atoms with E-state index in [-0.39, 0.29) is 11.8 Å². The number of nitrogens with two attached hydrogens (primary N) is 1. The van der Waals surface area contributed by atoms with Crippen LogP contribution >= 0.6 is 0 Å². The fourth-order valence-electron chi connectivity index (χ4n) is 2.84. The first-order chi connectivity index (χ1) is 9.30. The van der Waals surface area contributed by atoms with Crippen LogP contribution in [0.15, 0.2) is 0 Å². The van der Waals surface area contributed by atoms with Crippen LogP contribution in [-0.2, 0) is 9.59 Å². The van der Waals surface area contributed by atoms with Crippen molar-refractivity contribution < 1.29 is 14.7 Å². The Morgan fingerprint density at radius 2 is 1.90 bits per heavy atom. The fraction of sp³-hybridized carbons (Fsp3) is 0.867. The van der Waals surface area contributed by atoms with Gasteiger partial charge in [0.05, 0.1) is 5.41 Å². The molecule has 0 bridgehead atoms. The van der Waals surface area contributed by atoms with E-state index in [1.54, 1.807) is 0 Å². The van der Waals surface area contributed by atoms with Gasteiger partial charge in [-0.05, 0) is 43.9 Å². The molecule has 1 unspecified atom stereocenters. The first kappa shape index (κ1) is 17.0. The minimum Gasteiger partial charge on any atom is -0.480 e. The molecule has 0 aromatic carbocycles. The van der Waals surface area contributed by atoms with Crippen LogP contribution in [-0.4, -0.2) is 29.6 Å². The molecule has 1 fully saturated rings. The molecule has 1 amide bonds. The van der Waals surface area contributed by atoms with E-state index < -0.39 is 17.4 Å². The molecular weight excluding hydrogens is 256 g/mol. The molecule has 5 heteroatoms. The molecule has 1 atom stereocenters. The largest absolute Gasteiger partial charge is 0.480 e. The third-order valence-electron chi connectivity index (χ3n) is 4.41. The lowest BCUT2D eigenvalue weighted by Gasteiger charge is -2.37. The Morgan fingerprint density at radius 3 is 2.30 bits per heavy atom. The minimum atomic E-state index is -0.969. The van der Waals surface area contributed by atoms with E-state index in [0.29, 0.717) is 18.9 Å². The van der Waals surface area contributed by atoms with Crippen LogP contribution in [0.25, 0.3) is 0 Å². The topological polar surface area (TPSA) is 92.4 Å². The van der Waals surface area contributed by atoms with Crippen molar-refractivity contribution in [3.8, 4) is 0 Å². The van der Waals surface area contributed by atoms with E-state index in [9.17, 15) is 14.7 Å². The Morgan fingerprint density at radius 1 is 1.35 bits per heavy atom. The molecule has 0 heterocycles. The Hall–Kier alpha value is -1.10. The number of carboxylic acid groups (broad SMARTS) is 1. The van der Waals surface area contributed by atoms with Crippen molar-refractivity contribution in [3.63, 3.8) is 0 Å². The first-order valence-corrected chi connectivity index (χ1v) is 7.54. The van der Waals surface area contributed by atoms with Gasteiger partial charge >= 0.3 is 5.97 Å². The molecule has 1 aliphatic rings. The zero-order valence-electron chi connectivity index (χ0n) is 12.8. The molecular formula is C15H28N2O3. The fourth-order valence-corrected chi connectivity index (χ4v) is 2.84. The minimum absolute atomic E-state index is 0.181. The van der Waals surface area contributed by atoms with E-state index in [4.69, 9.17) is 5.73 Å². The van der Waals surface area contributed by atoms with Gasteiger partial charge in [0.15, 0.2) is 0 Å². The van der Waals surface area contributed by atoms with Crippen LogP contribution in [0, 0.1) is 17.3 Å². The molecule has 1 aliphatic carbocycles. The summed E-state index contributed by atoms with van der Waals surface area (Å²) in [6.07, 6.45) is 3.91. The van der Waals surface area contributed by atoms with Gasteiger partial charge in [-0.25, -0.2) is 4.79 Å². The van der Waals surface area contributed by atoms with Gasteiger partial charge in [0.2, 0.25) is 5.91 Å². The second-order valence-electron chi connectivity index (χ2n) is 6.66. The van der Waals surface area contributed by atoms with Crippen molar-refractivity contribution in [2.45, 2.75) is 58.9 Å². The third-order valence-corrected chi connectivity index (χ3v) is 4.41. The van der Waals surface area contributed by atoms with E-state index in [1.807, 2.05) is 13.8 Å². The monoisotopic (exact) mass is 284 g/mol. The molecule has 20 heavy (non-hydrogen) atoms. The van der Waals surface area contributed by atoms with Crippen LogP contribution < -0.4 is 11.1 Å². The van der Waals surface area contributed by atoms with Crippen molar-refractivity contribution >= 4 is 11.9 Å². The van der Waals surface area contributed by atoms with Gasteiger partial charge in [0.25, 0.3) is 0 Å². The van der Waals surface area contributed by atoms with Gasteiger partial charge in [-0.1, -0.05) is 20.8 Å². The third kappa shape index (κ3) is 4.20. The number of nitrogens with one attached hydrogen (secondary N) is 1. The average Bonchev–Trinajstić information content (AvgIpc) is 2.38. The Balaban J connectivity index is 2.73. The van der Waals surface area contributed by atoms with E-state index in [1.165, 1.54) is 0 Å². The molecule has 4 N–H and O–H groups in total. The molecule has 0 saturated heterocycles. The summed E-state index contributed by atoms with van der Waals surface area (Å²) < 4.78 is 0. The van der Waals surface area contributed by atoms with Gasteiger partial charge < -0.3 is 16.2 Å². The summed E-state index contributed by atoms with van der Waals surface area (Å²) in [5.74, 6) is -0.312. The highest BCUT2D eigenvalue weighted by atomic mass is 16.4. The summed E-state index contributed by atoms with van der Waals surface area (Å²) in [6, 6.07) is -0.815. The van der Waals surface area contributed by atoms with E-state index in [2.05, 4.69) is 12.2 Å². The van der Waals surface area contributed by atoms with Crippen molar-refractivity contribution in [3.05, 3.63) is 0 Å². The van der Waals surface area contributed by atoms with Gasteiger partial charge in [0, 0.05) is 6.54 Å². The van der Waals surface area contributed by atoms with Crippen molar-refractivity contribution in [1.29, 1.82) is 0 Å². The molecule has 0 radical (unpaired) electrons. The molecule has 0 spiro atoms. The molecule has 0 aromatic rings. The van der Waals surface area contributed by atoms with Gasteiger partial charge in [-0.2, -0.15) is 0 Å². The van der Waals surface area contributed by atoms with Crippen molar-refractivity contribution in [2.24, 2.45) is 23.0 Å². The zero-order valence-corrected chi connectivity index (χ0v) is 12.8. The Bertz CT molecular complexity index is 347. The highest BCUT2D eigenvalue weighted by molar-refractivity contribution is 5.87. The summed E-state index contributed by atoms with van der Waals surface area (Å²) >= 11 is 0. The maximum Gasteiger partial charge on any atom is 0.326 e. The second-order valence-corrected chi connectivity index (χ2v) is 6.66. The summed E-state index contributed by atoms with van der Waals surface area (Å²) in [4.78, 5) is 23.8. The standard InChI is InChI=1S/C15H28N2O3/c1-10(2)8-12(13(18)19)17-14(20)15(9-16)6-4-11(3)5-7-15/h10-12H,4-9,16H2,1-3H3,(H,17,20)(H,18,19).